The molecule has 1 aliphatic rings. The first-order valence-corrected chi connectivity index (χ1v) is 8.22. The molecule has 1 N–H and O–H groups in total. The van der Waals surface area contributed by atoms with Crippen LogP contribution in [0.4, 0.5) is 0 Å². The van der Waals surface area contributed by atoms with Crippen LogP contribution < -0.4 is 0 Å². The van der Waals surface area contributed by atoms with Crippen molar-refractivity contribution in [3.8, 4) is 0 Å². The average molecular weight is 286 g/mol. The molecule has 3 rings (SSSR count). The van der Waals surface area contributed by atoms with E-state index in [2.05, 4.69) is 39.0 Å². The molecule has 1 unspecified atom stereocenters. The largest absolute Gasteiger partial charge is 0.387 e. The second-order valence-electron chi connectivity index (χ2n) is 6.05. The van der Waals surface area contributed by atoms with E-state index in [0.717, 1.165) is 11.3 Å². The first kappa shape index (κ1) is 13.8. The smallest absolute Gasteiger partial charge is 0.0922 e. The molecule has 0 saturated heterocycles. The van der Waals surface area contributed by atoms with Gasteiger partial charge in [0.25, 0.3) is 0 Å². The van der Waals surface area contributed by atoms with Crippen molar-refractivity contribution in [3.05, 3.63) is 55.8 Å². The Morgan fingerprint density at radius 3 is 2.45 bits per heavy atom. The average Bonchev–Trinajstić information content (AvgIpc) is 2.93. The molecule has 0 radical (unpaired) electrons. The summed E-state index contributed by atoms with van der Waals surface area (Å²) in [7, 11) is 0. The third-order valence-corrected chi connectivity index (χ3v) is 5.67. The van der Waals surface area contributed by atoms with E-state index in [4.69, 9.17) is 0 Å². The standard InChI is InChI=1S/C18H22OS/c1-11-7-12(2)15(13(3)8-11)10-16(19)18-9-14-5-4-6-17(14)20-18/h7-9,16,19H,4-6,10H2,1-3H3. The van der Waals surface area contributed by atoms with Gasteiger partial charge in [-0.25, -0.2) is 0 Å². The van der Waals surface area contributed by atoms with Gasteiger partial charge < -0.3 is 5.11 Å². The summed E-state index contributed by atoms with van der Waals surface area (Å²) >= 11 is 1.81. The molecule has 2 heteroatoms. The fourth-order valence-electron chi connectivity index (χ4n) is 3.34. The molecule has 20 heavy (non-hydrogen) atoms. The van der Waals surface area contributed by atoms with E-state index < -0.39 is 0 Å². The van der Waals surface area contributed by atoms with Crippen LogP contribution in [-0.2, 0) is 19.3 Å². The third kappa shape index (κ3) is 2.55. The van der Waals surface area contributed by atoms with E-state index in [1.54, 1.807) is 0 Å². The molecule has 1 aromatic heterocycles. The lowest BCUT2D eigenvalue weighted by Gasteiger charge is -2.15. The third-order valence-electron chi connectivity index (χ3n) is 4.33. The van der Waals surface area contributed by atoms with Crippen molar-refractivity contribution in [1.82, 2.24) is 0 Å². The Balaban J connectivity index is 1.83. The van der Waals surface area contributed by atoms with Gasteiger partial charge in [0.2, 0.25) is 0 Å². The molecule has 0 amide bonds. The van der Waals surface area contributed by atoms with E-state index >= 15 is 0 Å². The number of aliphatic hydroxyl groups is 1. The predicted molar refractivity (Wildman–Crippen MR) is 85.7 cm³/mol. The van der Waals surface area contributed by atoms with Crippen molar-refractivity contribution < 1.29 is 5.11 Å². The van der Waals surface area contributed by atoms with Crippen LogP contribution in [0.5, 0.6) is 0 Å². The van der Waals surface area contributed by atoms with E-state index in [9.17, 15) is 5.11 Å². The zero-order chi connectivity index (χ0) is 14.3. The highest BCUT2D eigenvalue weighted by molar-refractivity contribution is 7.12. The van der Waals surface area contributed by atoms with Crippen molar-refractivity contribution in [2.24, 2.45) is 0 Å². The number of rotatable bonds is 3. The fraction of sp³-hybridized carbons (Fsp3) is 0.444. The zero-order valence-electron chi connectivity index (χ0n) is 12.5. The van der Waals surface area contributed by atoms with Crippen LogP contribution in [-0.4, -0.2) is 5.11 Å². The predicted octanol–water partition coefficient (Wildman–Crippen LogP) is 4.44. The van der Waals surface area contributed by atoms with E-state index in [1.165, 1.54) is 52.0 Å². The van der Waals surface area contributed by atoms with Crippen molar-refractivity contribution in [2.45, 2.75) is 52.6 Å². The lowest BCUT2D eigenvalue weighted by Crippen LogP contribution is -2.04. The number of aryl methyl sites for hydroxylation is 5. The lowest BCUT2D eigenvalue weighted by atomic mass is 9.95. The normalized spacial score (nSPS) is 15.4. The highest BCUT2D eigenvalue weighted by atomic mass is 32.1. The van der Waals surface area contributed by atoms with Crippen molar-refractivity contribution in [3.63, 3.8) is 0 Å². The molecule has 106 valence electrons. The Bertz CT molecular complexity index is 594. The molecule has 0 aliphatic heterocycles. The number of benzene rings is 1. The minimum atomic E-state index is -0.356. The maximum Gasteiger partial charge on any atom is 0.0922 e. The molecular formula is C18H22OS. The summed E-state index contributed by atoms with van der Waals surface area (Å²) < 4.78 is 0. The van der Waals surface area contributed by atoms with Crippen molar-refractivity contribution in [1.29, 1.82) is 0 Å². The van der Waals surface area contributed by atoms with Gasteiger partial charge in [-0.05, 0) is 68.4 Å². The summed E-state index contributed by atoms with van der Waals surface area (Å²) in [6.07, 6.45) is 4.06. The molecule has 2 aromatic rings. The molecule has 1 heterocycles. The van der Waals surface area contributed by atoms with Gasteiger partial charge in [-0.1, -0.05) is 17.7 Å². The second-order valence-corrected chi connectivity index (χ2v) is 7.22. The molecular weight excluding hydrogens is 264 g/mol. The van der Waals surface area contributed by atoms with E-state index in [1.807, 2.05) is 11.3 Å². The van der Waals surface area contributed by atoms with Crippen LogP contribution in [0.25, 0.3) is 0 Å². The summed E-state index contributed by atoms with van der Waals surface area (Å²) in [5.41, 5.74) is 6.67. The highest BCUT2D eigenvalue weighted by Crippen LogP contribution is 2.35. The molecule has 1 nitrogen and oxygen atoms in total. The summed E-state index contributed by atoms with van der Waals surface area (Å²) in [4.78, 5) is 2.64. The van der Waals surface area contributed by atoms with Gasteiger partial charge in [-0.15, -0.1) is 11.3 Å². The number of fused-ring (bicyclic) bond motifs is 1. The Labute approximate surface area is 125 Å². The van der Waals surface area contributed by atoms with Crippen LogP contribution in [0.3, 0.4) is 0 Å². The first-order chi connectivity index (χ1) is 9.54. The SMILES string of the molecule is Cc1cc(C)c(CC(O)c2cc3c(s2)CCC3)c(C)c1. The second kappa shape index (κ2) is 5.34. The summed E-state index contributed by atoms with van der Waals surface area (Å²) in [5.74, 6) is 0. The molecule has 0 saturated carbocycles. The van der Waals surface area contributed by atoms with Crippen LogP contribution in [0.1, 0.15) is 50.1 Å². The van der Waals surface area contributed by atoms with Crippen LogP contribution in [0, 0.1) is 20.8 Å². The Kier molecular flexibility index (Phi) is 3.70. The maximum absolute atomic E-state index is 10.6. The quantitative estimate of drug-likeness (QED) is 0.884. The van der Waals surface area contributed by atoms with Crippen LogP contribution >= 0.6 is 11.3 Å². The monoisotopic (exact) mass is 286 g/mol. The maximum atomic E-state index is 10.6. The highest BCUT2D eigenvalue weighted by Gasteiger charge is 2.20. The Hall–Kier alpha value is -1.12. The van der Waals surface area contributed by atoms with Gasteiger partial charge in [0.1, 0.15) is 0 Å². The molecule has 1 aromatic carbocycles. The molecule has 0 fully saturated rings. The van der Waals surface area contributed by atoms with Crippen molar-refractivity contribution >= 4 is 11.3 Å². The molecule has 0 bridgehead atoms. The molecule has 1 atom stereocenters. The van der Waals surface area contributed by atoms with E-state index in [0.29, 0.717) is 0 Å². The van der Waals surface area contributed by atoms with Gasteiger partial charge in [-0.2, -0.15) is 0 Å². The van der Waals surface area contributed by atoms with E-state index in [-0.39, 0.29) is 6.10 Å². The van der Waals surface area contributed by atoms with Crippen molar-refractivity contribution in [2.75, 3.05) is 0 Å². The molecule has 1 aliphatic carbocycles. The summed E-state index contributed by atoms with van der Waals surface area (Å²) in [6, 6.07) is 6.66. The van der Waals surface area contributed by atoms with Gasteiger partial charge >= 0.3 is 0 Å². The Morgan fingerprint density at radius 1 is 1.10 bits per heavy atom. The lowest BCUT2D eigenvalue weighted by molar-refractivity contribution is 0.182. The topological polar surface area (TPSA) is 20.2 Å². The van der Waals surface area contributed by atoms with Gasteiger partial charge in [0.05, 0.1) is 6.10 Å². The first-order valence-electron chi connectivity index (χ1n) is 7.41. The fourth-order valence-corrected chi connectivity index (χ4v) is 4.59. The van der Waals surface area contributed by atoms with Gasteiger partial charge in [-0.3, -0.25) is 0 Å². The molecule has 0 spiro atoms. The number of hydrogen-bond acceptors (Lipinski definition) is 2. The minimum Gasteiger partial charge on any atom is -0.387 e. The zero-order valence-corrected chi connectivity index (χ0v) is 13.3. The van der Waals surface area contributed by atoms with Crippen LogP contribution in [0.2, 0.25) is 0 Å². The minimum absolute atomic E-state index is 0.356. The van der Waals surface area contributed by atoms with Gasteiger partial charge in [0, 0.05) is 16.2 Å². The summed E-state index contributed by atoms with van der Waals surface area (Å²) in [6.45, 7) is 6.43. The van der Waals surface area contributed by atoms with Gasteiger partial charge in [0.15, 0.2) is 0 Å². The number of hydrogen-bond donors (Lipinski definition) is 1. The Morgan fingerprint density at radius 2 is 1.80 bits per heavy atom. The van der Waals surface area contributed by atoms with Crippen LogP contribution in [0.15, 0.2) is 18.2 Å². The number of thiophene rings is 1. The summed E-state index contributed by atoms with van der Waals surface area (Å²) in [5, 5.41) is 10.6. The number of aliphatic hydroxyl groups excluding tert-OH is 1.